The lowest BCUT2D eigenvalue weighted by Crippen LogP contribution is -2.32. The van der Waals surface area contributed by atoms with E-state index in [9.17, 15) is 9.90 Å². The Morgan fingerprint density at radius 3 is 2.48 bits per heavy atom. The molecule has 1 aliphatic rings. The van der Waals surface area contributed by atoms with Crippen LogP contribution in [0.3, 0.4) is 0 Å². The molecule has 2 aromatic carbocycles. The number of halogens is 1. The highest BCUT2D eigenvalue weighted by atomic mass is 127. The van der Waals surface area contributed by atoms with Crippen molar-refractivity contribution in [3.05, 3.63) is 68.8 Å². The van der Waals surface area contributed by atoms with Crippen molar-refractivity contribution in [2.45, 2.75) is 25.3 Å². The molecule has 0 amide bonds. The van der Waals surface area contributed by atoms with Crippen molar-refractivity contribution in [3.8, 4) is 0 Å². The average Bonchev–Trinajstić information content (AvgIpc) is 2.56. The van der Waals surface area contributed by atoms with E-state index in [4.69, 9.17) is 0 Å². The van der Waals surface area contributed by atoms with Crippen molar-refractivity contribution < 1.29 is 9.90 Å². The molecule has 1 heterocycles. The van der Waals surface area contributed by atoms with Crippen molar-refractivity contribution in [1.29, 1.82) is 0 Å². The van der Waals surface area contributed by atoms with E-state index in [1.54, 1.807) is 6.07 Å². The number of carboxylic acids is 1. The molecule has 0 bridgehead atoms. The second-order valence-electron chi connectivity index (χ2n) is 6.07. The van der Waals surface area contributed by atoms with E-state index in [1.165, 1.54) is 5.56 Å². The minimum absolute atomic E-state index is 0.350. The Bertz CT molecular complexity index is 679. The maximum atomic E-state index is 11.5. The summed E-state index contributed by atoms with van der Waals surface area (Å²) in [4.78, 5) is 13.9. The number of hydrogen-bond donors (Lipinski definition) is 1. The highest BCUT2D eigenvalue weighted by Gasteiger charge is 2.24. The van der Waals surface area contributed by atoms with Crippen molar-refractivity contribution >= 4 is 28.6 Å². The van der Waals surface area contributed by atoms with E-state index in [2.05, 4.69) is 51.8 Å². The number of likely N-dealkylation sites (tertiary alicyclic amines) is 1. The molecular formula is C19H20INO2. The molecule has 0 unspecified atom stereocenters. The number of nitrogens with zero attached hydrogens (tertiary/aromatic N) is 1. The van der Waals surface area contributed by atoms with Gasteiger partial charge in [-0.05, 0) is 83.8 Å². The second kappa shape index (κ2) is 7.45. The first-order valence-electron chi connectivity index (χ1n) is 7.92. The van der Waals surface area contributed by atoms with Gasteiger partial charge in [0.05, 0.1) is 5.56 Å². The molecule has 120 valence electrons. The maximum Gasteiger partial charge on any atom is 0.335 e. The third kappa shape index (κ3) is 4.12. The number of aromatic carboxylic acids is 1. The molecular weight excluding hydrogens is 401 g/mol. The summed E-state index contributed by atoms with van der Waals surface area (Å²) in [5.41, 5.74) is 2.81. The van der Waals surface area contributed by atoms with Gasteiger partial charge in [0.25, 0.3) is 0 Å². The lowest BCUT2D eigenvalue weighted by molar-refractivity contribution is 0.0694. The fraction of sp³-hybridized carbons (Fsp3) is 0.316. The number of benzene rings is 2. The van der Waals surface area contributed by atoms with E-state index in [0.29, 0.717) is 11.5 Å². The Labute approximate surface area is 150 Å². The van der Waals surface area contributed by atoms with Crippen LogP contribution in [0.2, 0.25) is 0 Å². The average molecular weight is 421 g/mol. The van der Waals surface area contributed by atoms with Gasteiger partial charge in [-0.3, -0.25) is 4.90 Å². The van der Waals surface area contributed by atoms with E-state index in [0.717, 1.165) is 41.6 Å². The predicted octanol–water partition coefficient (Wildman–Crippen LogP) is 4.37. The van der Waals surface area contributed by atoms with Crippen LogP contribution in [-0.2, 0) is 6.54 Å². The standard InChI is InChI=1S/C19H20INO2/c20-16-6-7-17(19(22)23)18(12-16)15-8-10-21(11-9-15)13-14-4-2-1-3-5-14/h1-7,12,15H,8-11,13H2,(H,22,23). The molecule has 3 nitrogen and oxygen atoms in total. The molecule has 1 aliphatic heterocycles. The summed E-state index contributed by atoms with van der Waals surface area (Å²) in [7, 11) is 0. The van der Waals surface area contributed by atoms with Crippen molar-refractivity contribution in [3.63, 3.8) is 0 Å². The highest BCUT2D eigenvalue weighted by molar-refractivity contribution is 14.1. The second-order valence-corrected chi connectivity index (χ2v) is 7.32. The van der Waals surface area contributed by atoms with Gasteiger partial charge in [0.1, 0.15) is 0 Å². The van der Waals surface area contributed by atoms with E-state index in [-0.39, 0.29) is 0 Å². The Morgan fingerprint density at radius 2 is 1.83 bits per heavy atom. The van der Waals surface area contributed by atoms with Gasteiger partial charge >= 0.3 is 5.97 Å². The van der Waals surface area contributed by atoms with Crippen LogP contribution in [0.25, 0.3) is 0 Å². The molecule has 3 rings (SSSR count). The topological polar surface area (TPSA) is 40.5 Å². The first-order valence-corrected chi connectivity index (χ1v) is 9.00. The number of piperidine rings is 1. The van der Waals surface area contributed by atoms with Gasteiger partial charge in [0, 0.05) is 10.1 Å². The Hall–Kier alpha value is -1.40. The molecule has 23 heavy (non-hydrogen) atoms. The van der Waals surface area contributed by atoms with Gasteiger partial charge in [-0.15, -0.1) is 0 Å². The van der Waals surface area contributed by atoms with Gasteiger partial charge in [-0.25, -0.2) is 4.79 Å². The van der Waals surface area contributed by atoms with Gasteiger partial charge in [0.2, 0.25) is 0 Å². The SMILES string of the molecule is O=C(O)c1ccc(I)cc1C1CCN(Cc2ccccc2)CC1. The first-order chi connectivity index (χ1) is 11.1. The summed E-state index contributed by atoms with van der Waals surface area (Å²) in [5.74, 6) is -0.467. The van der Waals surface area contributed by atoms with Crippen LogP contribution in [0.5, 0.6) is 0 Å². The number of rotatable bonds is 4. The normalized spacial score (nSPS) is 16.4. The van der Waals surface area contributed by atoms with Gasteiger partial charge in [0.15, 0.2) is 0 Å². The van der Waals surface area contributed by atoms with Crippen LogP contribution in [-0.4, -0.2) is 29.1 Å². The molecule has 0 aromatic heterocycles. The molecule has 4 heteroatoms. The molecule has 2 aromatic rings. The number of carbonyl (C=O) groups is 1. The maximum absolute atomic E-state index is 11.5. The lowest BCUT2D eigenvalue weighted by atomic mass is 9.86. The highest BCUT2D eigenvalue weighted by Crippen LogP contribution is 2.32. The third-order valence-corrected chi connectivity index (χ3v) is 5.19. The quantitative estimate of drug-likeness (QED) is 0.746. The molecule has 0 atom stereocenters. The molecule has 1 N–H and O–H groups in total. The third-order valence-electron chi connectivity index (χ3n) is 4.52. The van der Waals surface area contributed by atoms with Crippen LogP contribution >= 0.6 is 22.6 Å². The summed E-state index contributed by atoms with van der Waals surface area (Å²) in [6, 6.07) is 16.2. The Kier molecular flexibility index (Phi) is 5.33. The Balaban J connectivity index is 1.67. The monoisotopic (exact) mass is 421 g/mol. The van der Waals surface area contributed by atoms with Crippen LogP contribution < -0.4 is 0 Å². The van der Waals surface area contributed by atoms with E-state index < -0.39 is 5.97 Å². The zero-order valence-corrected chi connectivity index (χ0v) is 15.1. The summed E-state index contributed by atoms with van der Waals surface area (Å²) in [6.07, 6.45) is 2.04. The minimum atomic E-state index is -0.817. The number of hydrogen-bond acceptors (Lipinski definition) is 2. The fourth-order valence-corrected chi connectivity index (χ4v) is 3.83. The fourth-order valence-electron chi connectivity index (χ4n) is 3.31. The van der Waals surface area contributed by atoms with Crippen LogP contribution in [0.1, 0.15) is 40.2 Å². The molecule has 0 saturated carbocycles. The van der Waals surface area contributed by atoms with Crippen molar-refractivity contribution in [2.75, 3.05) is 13.1 Å². The smallest absolute Gasteiger partial charge is 0.335 e. The first kappa shape index (κ1) is 16.5. The molecule has 0 radical (unpaired) electrons. The largest absolute Gasteiger partial charge is 0.478 e. The van der Waals surface area contributed by atoms with Gasteiger partial charge in [-0.1, -0.05) is 30.3 Å². The summed E-state index contributed by atoms with van der Waals surface area (Å²) >= 11 is 2.26. The molecule has 0 aliphatic carbocycles. The van der Waals surface area contributed by atoms with Gasteiger partial charge < -0.3 is 5.11 Å². The number of carboxylic acid groups (broad SMARTS) is 1. The van der Waals surface area contributed by atoms with Gasteiger partial charge in [-0.2, -0.15) is 0 Å². The predicted molar refractivity (Wildman–Crippen MR) is 99.8 cm³/mol. The van der Waals surface area contributed by atoms with Crippen LogP contribution in [0.15, 0.2) is 48.5 Å². The molecule has 0 spiro atoms. The van der Waals surface area contributed by atoms with E-state index >= 15 is 0 Å². The van der Waals surface area contributed by atoms with Crippen molar-refractivity contribution in [2.24, 2.45) is 0 Å². The zero-order valence-electron chi connectivity index (χ0n) is 12.9. The van der Waals surface area contributed by atoms with E-state index in [1.807, 2.05) is 18.2 Å². The lowest BCUT2D eigenvalue weighted by Gasteiger charge is -2.32. The van der Waals surface area contributed by atoms with Crippen molar-refractivity contribution in [1.82, 2.24) is 4.90 Å². The summed E-state index contributed by atoms with van der Waals surface area (Å²) in [6.45, 7) is 3.01. The Morgan fingerprint density at radius 1 is 1.13 bits per heavy atom. The minimum Gasteiger partial charge on any atom is -0.478 e. The molecule has 1 fully saturated rings. The van der Waals surface area contributed by atoms with Crippen LogP contribution in [0, 0.1) is 3.57 Å². The molecule has 1 saturated heterocycles. The zero-order chi connectivity index (χ0) is 16.2. The summed E-state index contributed by atoms with van der Waals surface area (Å²) < 4.78 is 1.11. The summed E-state index contributed by atoms with van der Waals surface area (Å²) in [5, 5.41) is 9.42. The van der Waals surface area contributed by atoms with Crippen LogP contribution in [0.4, 0.5) is 0 Å².